The molecule has 26 heavy (non-hydrogen) atoms. The van der Waals surface area contributed by atoms with Crippen LogP contribution in [0.25, 0.3) is 10.9 Å². The molecule has 0 fully saturated rings. The summed E-state index contributed by atoms with van der Waals surface area (Å²) in [5, 5.41) is 19.5. The third kappa shape index (κ3) is 3.68. The van der Waals surface area contributed by atoms with E-state index in [1.165, 1.54) is 20.4 Å². The van der Waals surface area contributed by atoms with Gasteiger partial charge in [-0.05, 0) is 26.8 Å². The van der Waals surface area contributed by atoms with Crippen molar-refractivity contribution in [2.24, 2.45) is 0 Å². The number of hydrogen-bond acceptors (Lipinski definition) is 7. The van der Waals surface area contributed by atoms with Gasteiger partial charge in [0.25, 0.3) is 0 Å². The lowest BCUT2D eigenvalue weighted by Crippen LogP contribution is -2.27. The number of benzene rings is 1. The molecule has 0 radical (unpaired) electrons. The van der Waals surface area contributed by atoms with Gasteiger partial charge < -0.3 is 14.2 Å². The monoisotopic (exact) mass is 353 g/mol. The molecule has 1 atom stereocenters. The zero-order valence-electron chi connectivity index (χ0n) is 15.3. The van der Waals surface area contributed by atoms with E-state index in [0.29, 0.717) is 22.4 Å². The van der Waals surface area contributed by atoms with Gasteiger partial charge in [0.05, 0.1) is 31.4 Å². The van der Waals surface area contributed by atoms with Gasteiger partial charge in [-0.15, -0.1) is 0 Å². The Morgan fingerprint density at radius 3 is 2.27 bits per heavy atom. The highest BCUT2D eigenvalue weighted by atomic mass is 16.6. The van der Waals surface area contributed by atoms with Crippen molar-refractivity contribution in [3.8, 4) is 23.6 Å². The molecule has 2 rings (SSSR count). The Bertz CT molecular complexity index is 933. The quantitative estimate of drug-likeness (QED) is 0.778. The Kier molecular flexibility index (Phi) is 5.33. The minimum Gasteiger partial charge on any atom is -0.493 e. The Hall–Kier alpha value is -3.32. The first-order valence-electron chi connectivity index (χ1n) is 7.83. The maximum absolute atomic E-state index is 12.5. The first kappa shape index (κ1) is 19.0. The summed E-state index contributed by atoms with van der Waals surface area (Å²) in [5.41, 5.74) is 0.0840. The molecular weight excluding hydrogens is 334 g/mol. The second kappa shape index (κ2) is 7.28. The molecule has 1 heterocycles. The number of ether oxygens (including phenoxy) is 3. The first-order valence-corrected chi connectivity index (χ1v) is 7.83. The number of methoxy groups -OCH3 is 2. The van der Waals surface area contributed by atoms with Crippen LogP contribution < -0.4 is 9.47 Å². The number of rotatable bonds is 4. The van der Waals surface area contributed by atoms with Gasteiger partial charge in [-0.25, -0.2) is 0 Å². The maximum atomic E-state index is 12.5. The molecule has 2 aromatic rings. The van der Waals surface area contributed by atoms with Crippen molar-refractivity contribution in [1.82, 2.24) is 4.98 Å². The Labute approximate surface area is 151 Å². The van der Waals surface area contributed by atoms with E-state index in [4.69, 9.17) is 14.2 Å². The van der Waals surface area contributed by atoms with Gasteiger partial charge in [0, 0.05) is 23.2 Å². The van der Waals surface area contributed by atoms with Crippen LogP contribution in [0.1, 0.15) is 37.8 Å². The maximum Gasteiger partial charge on any atom is 0.328 e. The molecule has 0 N–H and O–H groups in total. The minimum atomic E-state index is -1.27. The lowest BCUT2D eigenvalue weighted by atomic mass is 9.92. The van der Waals surface area contributed by atoms with Crippen molar-refractivity contribution in [3.63, 3.8) is 0 Å². The topological polar surface area (TPSA) is 105 Å². The Morgan fingerprint density at radius 1 is 1.15 bits per heavy atom. The van der Waals surface area contributed by atoms with E-state index < -0.39 is 17.5 Å². The van der Waals surface area contributed by atoms with Gasteiger partial charge in [0.1, 0.15) is 11.7 Å². The highest BCUT2D eigenvalue weighted by molar-refractivity contribution is 5.94. The van der Waals surface area contributed by atoms with E-state index in [1.54, 1.807) is 32.9 Å². The molecule has 0 aliphatic heterocycles. The molecule has 0 spiro atoms. The van der Waals surface area contributed by atoms with Crippen LogP contribution in [0.15, 0.2) is 18.3 Å². The summed E-state index contributed by atoms with van der Waals surface area (Å²) < 4.78 is 15.9. The van der Waals surface area contributed by atoms with Gasteiger partial charge in [-0.3, -0.25) is 9.78 Å². The van der Waals surface area contributed by atoms with Crippen LogP contribution in [0.2, 0.25) is 0 Å². The summed E-state index contributed by atoms with van der Waals surface area (Å²) >= 11 is 0. The highest BCUT2D eigenvalue weighted by Crippen LogP contribution is 2.36. The average Bonchev–Trinajstić information content (AvgIpc) is 2.59. The fourth-order valence-electron chi connectivity index (χ4n) is 2.54. The van der Waals surface area contributed by atoms with Gasteiger partial charge in [-0.1, -0.05) is 0 Å². The number of hydrogen-bond donors (Lipinski definition) is 0. The molecule has 134 valence electrons. The van der Waals surface area contributed by atoms with Crippen LogP contribution in [0, 0.1) is 22.7 Å². The van der Waals surface area contributed by atoms with E-state index in [1.807, 2.05) is 12.1 Å². The van der Waals surface area contributed by atoms with E-state index in [2.05, 4.69) is 4.98 Å². The van der Waals surface area contributed by atoms with Crippen molar-refractivity contribution < 1.29 is 19.0 Å². The summed E-state index contributed by atoms with van der Waals surface area (Å²) in [6.07, 6.45) is 1.33. The highest BCUT2D eigenvalue weighted by Gasteiger charge is 2.31. The third-order valence-electron chi connectivity index (χ3n) is 3.60. The van der Waals surface area contributed by atoms with E-state index >= 15 is 0 Å². The van der Waals surface area contributed by atoms with E-state index in [-0.39, 0.29) is 11.1 Å². The Morgan fingerprint density at radius 2 is 1.77 bits per heavy atom. The standard InChI is InChI=1S/C19H19N3O4/c1-19(2,3)26-18(23)13(9-21)17-11(8-20)10-22-14-7-16(25-5)15(24-4)6-12(14)17/h6-7,10,13H,1-5H3. The molecule has 0 amide bonds. The van der Waals surface area contributed by atoms with Crippen molar-refractivity contribution in [3.05, 3.63) is 29.5 Å². The van der Waals surface area contributed by atoms with Gasteiger partial charge in [-0.2, -0.15) is 10.5 Å². The molecule has 1 unspecified atom stereocenters. The van der Waals surface area contributed by atoms with Crippen molar-refractivity contribution in [2.45, 2.75) is 32.3 Å². The SMILES string of the molecule is COc1cc2ncc(C#N)c(C(C#N)C(=O)OC(C)(C)C)c2cc1OC. The molecule has 1 aromatic heterocycles. The van der Waals surface area contributed by atoms with Crippen LogP contribution in [0.3, 0.4) is 0 Å². The number of nitriles is 2. The molecule has 7 nitrogen and oxygen atoms in total. The van der Waals surface area contributed by atoms with Crippen molar-refractivity contribution in [1.29, 1.82) is 10.5 Å². The summed E-state index contributed by atoms with van der Waals surface area (Å²) in [5.74, 6) is -1.14. The summed E-state index contributed by atoms with van der Waals surface area (Å²) in [4.78, 5) is 16.8. The minimum absolute atomic E-state index is 0.127. The number of nitrogens with zero attached hydrogens (tertiary/aromatic N) is 3. The smallest absolute Gasteiger partial charge is 0.328 e. The van der Waals surface area contributed by atoms with Gasteiger partial charge >= 0.3 is 5.97 Å². The molecule has 0 saturated heterocycles. The zero-order valence-corrected chi connectivity index (χ0v) is 15.3. The van der Waals surface area contributed by atoms with Crippen LogP contribution in [-0.4, -0.2) is 30.8 Å². The number of aromatic nitrogens is 1. The van der Waals surface area contributed by atoms with Crippen LogP contribution in [0.4, 0.5) is 0 Å². The molecule has 0 aliphatic carbocycles. The van der Waals surface area contributed by atoms with Crippen molar-refractivity contribution in [2.75, 3.05) is 14.2 Å². The third-order valence-corrected chi connectivity index (χ3v) is 3.60. The summed E-state index contributed by atoms with van der Waals surface area (Å²) in [7, 11) is 2.97. The summed E-state index contributed by atoms with van der Waals surface area (Å²) in [6, 6.07) is 7.17. The average molecular weight is 353 g/mol. The van der Waals surface area contributed by atoms with Crippen molar-refractivity contribution >= 4 is 16.9 Å². The fraction of sp³-hybridized carbons (Fsp3) is 0.368. The van der Waals surface area contributed by atoms with E-state index in [9.17, 15) is 15.3 Å². The molecule has 0 aliphatic rings. The summed E-state index contributed by atoms with van der Waals surface area (Å²) in [6.45, 7) is 5.13. The molecule has 1 aromatic carbocycles. The second-order valence-electron chi connectivity index (χ2n) is 6.52. The van der Waals surface area contributed by atoms with Crippen LogP contribution in [-0.2, 0) is 9.53 Å². The number of pyridine rings is 1. The number of carbonyl (C=O) groups is 1. The molecule has 0 bridgehead atoms. The zero-order chi connectivity index (χ0) is 19.5. The predicted octanol–water partition coefficient (Wildman–Crippen LogP) is 3.07. The number of esters is 1. The first-order chi connectivity index (χ1) is 12.3. The second-order valence-corrected chi connectivity index (χ2v) is 6.52. The van der Waals surface area contributed by atoms with Gasteiger partial charge in [0.15, 0.2) is 17.4 Å². The molecule has 7 heteroatoms. The van der Waals surface area contributed by atoms with Crippen LogP contribution >= 0.6 is 0 Å². The Balaban J connectivity index is 2.76. The van der Waals surface area contributed by atoms with E-state index in [0.717, 1.165) is 0 Å². The number of carbonyl (C=O) groups excluding carboxylic acids is 1. The lowest BCUT2D eigenvalue weighted by molar-refractivity contribution is -0.155. The molecular formula is C19H19N3O4. The fourth-order valence-corrected chi connectivity index (χ4v) is 2.54. The largest absolute Gasteiger partial charge is 0.493 e. The molecule has 0 saturated carbocycles. The van der Waals surface area contributed by atoms with Gasteiger partial charge in [0.2, 0.25) is 0 Å². The lowest BCUT2D eigenvalue weighted by Gasteiger charge is -2.22. The normalized spacial score (nSPS) is 12.0. The van der Waals surface area contributed by atoms with Crippen LogP contribution in [0.5, 0.6) is 11.5 Å². The predicted molar refractivity (Wildman–Crippen MR) is 93.8 cm³/mol. The number of fused-ring (bicyclic) bond motifs is 1.